The Hall–Kier alpha value is -2.44. The molecule has 6 heteroatoms. The second kappa shape index (κ2) is 75.0. The fourth-order valence-corrected chi connectivity index (χ4v) is 11.9. The molecule has 0 bridgehead atoms. The molecule has 2 unspecified atom stereocenters. The average molecular weight is 1210 g/mol. The minimum absolute atomic E-state index is 0.00316. The first-order chi connectivity index (χ1) is 42.5. The van der Waals surface area contributed by atoms with Crippen molar-refractivity contribution in [3.63, 3.8) is 0 Å². The van der Waals surface area contributed by atoms with E-state index < -0.39 is 12.1 Å². The number of carbonyl (C=O) groups excluding carboxylic acids is 2. The summed E-state index contributed by atoms with van der Waals surface area (Å²) in [7, 11) is 0. The van der Waals surface area contributed by atoms with Crippen molar-refractivity contribution in [3.05, 3.63) is 60.8 Å². The number of rotatable bonds is 72. The Balaban J connectivity index is 3.44. The Bertz CT molecular complexity index is 1480. The van der Waals surface area contributed by atoms with E-state index in [4.69, 9.17) is 4.74 Å². The van der Waals surface area contributed by atoms with Gasteiger partial charge in [0.2, 0.25) is 5.91 Å². The molecule has 0 aromatic heterocycles. The van der Waals surface area contributed by atoms with Crippen molar-refractivity contribution in [3.8, 4) is 0 Å². The summed E-state index contributed by atoms with van der Waals surface area (Å²) < 4.78 is 5.50. The van der Waals surface area contributed by atoms with E-state index in [0.29, 0.717) is 19.4 Å². The van der Waals surface area contributed by atoms with Crippen LogP contribution >= 0.6 is 0 Å². The molecule has 1 amide bonds. The second-order valence-electron chi connectivity index (χ2n) is 26.3. The van der Waals surface area contributed by atoms with Gasteiger partial charge in [0.25, 0.3) is 0 Å². The van der Waals surface area contributed by atoms with Gasteiger partial charge in [0, 0.05) is 12.8 Å². The predicted molar refractivity (Wildman–Crippen MR) is 379 cm³/mol. The summed E-state index contributed by atoms with van der Waals surface area (Å²) in [5.74, 6) is -0.0644. The van der Waals surface area contributed by atoms with Crippen molar-refractivity contribution >= 4 is 11.9 Å². The minimum Gasteiger partial charge on any atom is -0.466 e. The first-order valence-corrected chi connectivity index (χ1v) is 38.6. The third-order valence-corrected chi connectivity index (χ3v) is 17.8. The lowest BCUT2D eigenvalue weighted by Crippen LogP contribution is -2.45. The van der Waals surface area contributed by atoms with Crippen LogP contribution in [-0.4, -0.2) is 47.4 Å². The maximum absolute atomic E-state index is 12.5. The molecule has 0 rings (SSSR count). The van der Waals surface area contributed by atoms with Crippen LogP contribution in [0.4, 0.5) is 0 Å². The molecule has 0 aliphatic carbocycles. The molecule has 0 aromatic carbocycles. The molecular weight excluding hydrogens is 1050 g/mol. The van der Waals surface area contributed by atoms with Crippen LogP contribution in [0.25, 0.3) is 0 Å². The maximum atomic E-state index is 12.5. The highest BCUT2D eigenvalue weighted by Crippen LogP contribution is 2.19. The van der Waals surface area contributed by atoms with Gasteiger partial charge in [0.15, 0.2) is 0 Å². The topological polar surface area (TPSA) is 95.9 Å². The van der Waals surface area contributed by atoms with Crippen LogP contribution < -0.4 is 5.32 Å². The number of hydrogen-bond donors (Lipinski definition) is 3. The Labute approximate surface area is 537 Å². The molecule has 0 aliphatic heterocycles. The zero-order valence-electron chi connectivity index (χ0n) is 57.8. The van der Waals surface area contributed by atoms with Gasteiger partial charge in [-0.25, -0.2) is 0 Å². The Morgan fingerprint density at radius 3 is 0.895 bits per heavy atom. The third kappa shape index (κ3) is 70.6. The number of allylic oxidation sites excluding steroid dienone is 9. The van der Waals surface area contributed by atoms with Gasteiger partial charge in [0.05, 0.1) is 25.4 Å². The monoisotopic (exact) mass is 1200 g/mol. The number of esters is 1. The summed E-state index contributed by atoms with van der Waals surface area (Å²) in [4.78, 5) is 24.7. The standard InChI is InChI=1S/C80H149NO5/c1-3-5-7-9-11-13-15-17-19-21-23-24-25-31-34-37-40-44-48-52-56-60-64-68-72-78(83)77(76-82)81-79(84)73-69-65-61-57-53-49-45-41-38-35-32-29-27-26-28-30-33-36-39-43-47-51-55-59-63-67-71-75-86-80(85)74-70-66-62-58-54-50-46-42-22-20-18-16-14-12-10-8-6-4-2/h14,16,20,22,26-27,30,33,68,72,77-78,82-83H,3-13,15,17-19,21,23-25,28-29,31-32,34-67,69-71,73-76H2,1-2H3,(H,81,84)/b16-14-,22-20-,27-26-,33-30-,72-68+. The number of ether oxygens (including phenoxy) is 1. The van der Waals surface area contributed by atoms with Gasteiger partial charge in [0.1, 0.15) is 0 Å². The zero-order valence-corrected chi connectivity index (χ0v) is 57.8. The number of carbonyl (C=O) groups is 2. The van der Waals surface area contributed by atoms with E-state index in [1.165, 1.54) is 327 Å². The van der Waals surface area contributed by atoms with Crippen LogP contribution in [0.1, 0.15) is 412 Å². The van der Waals surface area contributed by atoms with Gasteiger partial charge >= 0.3 is 5.97 Å². The molecule has 3 N–H and O–H groups in total. The fourth-order valence-electron chi connectivity index (χ4n) is 11.9. The van der Waals surface area contributed by atoms with Crippen LogP contribution in [-0.2, 0) is 14.3 Å². The normalized spacial score (nSPS) is 12.8. The number of aliphatic hydroxyl groups excluding tert-OH is 2. The van der Waals surface area contributed by atoms with E-state index in [2.05, 4.69) is 67.8 Å². The van der Waals surface area contributed by atoms with E-state index in [0.717, 1.165) is 57.8 Å². The van der Waals surface area contributed by atoms with E-state index >= 15 is 0 Å². The van der Waals surface area contributed by atoms with Gasteiger partial charge in [-0.05, 0) is 96.3 Å². The summed E-state index contributed by atoms with van der Waals surface area (Å²) >= 11 is 0. The van der Waals surface area contributed by atoms with Crippen molar-refractivity contribution in [1.82, 2.24) is 5.32 Å². The molecular formula is C80H149NO5. The van der Waals surface area contributed by atoms with Crippen molar-refractivity contribution in [1.29, 1.82) is 0 Å². The second-order valence-corrected chi connectivity index (χ2v) is 26.3. The van der Waals surface area contributed by atoms with E-state index in [1.54, 1.807) is 6.08 Å². The lowest BCUT2D eigenvalue weighted by atomic mass is 10.0. The molecule has 0 aromatic rings. The van der Waals surface area contributed by atoms with E-state index in [-0.39, 0.29) is 18.5 Å². The Kier molecular flexibility index (Phi) is 72.9. The Morgan fingerprint density at radius 2 is 0.581 bits per heavy atom. The molecule has 504 valence electrons. The molecule has 0 heterocycles. The molecule has 0 radical (unpaired) electrons. The molecule has 0 spiro atoms. The van der Waals surface area contributed by atoms with Crippen molar-refractivity contribution < 1.29 is 24.5 Å². The van der Waals surface area contributed by atoms with Crippen LogP contribution in [0.15, 0.2) is 60.8 Å². The largest absolute Gasteiger partial charge is 0.466 e. The number of aliphatic hydroxyl groups is 2. The summed E-state index contributed by atoms with van der Waals surface area (Å²) in [5, 5.41) is 23.3. The quantitative estimate of drug-likeness (QED) is 0.0320. The molecule has 0 aliphatic rings. The van der Waals surface area contributed by atoms with Crippen molar-refractivity contribution in [2.45, 2.75) is 424 Å². The average Bonchev–Trinajstić information content (AvgIpc) is 3.54. The number of hydrogen-bond acceptors (Lipinski definition) is 5. The number of amides is 1. The molecule has 2 atom stereocenters. The number of unbranched alkanes of at least 4 members (excludes halogenated alkanes) is 53. The summed E-state index contributed by atoms with van der Waals surface area (Å²) in [6.07, 6.45) is 100. The lowest BCUT2D eigenvalue weighted by molar-refractivity contribution is -0.143. The van der Waals surface area contributed by atoms with Crippen LogP contribution in [0, 0.1) is 0 Å². The van der Waals surface area contributed by atoms with Crippen LogP contribution in [0.2, 0.25) is 0 Å². The molecule has 86 heavy (non-hydrogen) atoms. The van der Waals surface area contributed by atoms with Gasteiger partial charge in [-0.3, -0.25) is 9.59 Å². The molecule has 6 nitrogen and oxygen atoms in total. The molecule has 0 saturated carbocycles. The first kappa shape index (κ1) is 83.6. The van der Waals surface area contributed by atoms with E-state index in [1.807, 2.05) is 6.08 Å². The predicted octanol–water partition coefficient (Wildman–Crippen LogP) is 25.4. The third-order valence-electron chi connectivity index (χ3n) is 17.8. The van der Waals surface area contributed by atoms with Gasteiger partial charge in [-0.1, -0.05) is 364 Å². The highest BCUT2D eigenvalue weighted by molar-refractivity contribution is 5.76. The SMILES string of the molecule is CCCCCC/C=C\C/C=C\CCCCCCCCCC(=O)OCCCCCCCCCCC/C=C\C/C=C\CCCCCCCCCCCCCC(=O)NC(CO)C(O)/C=C/CCCCCCCCCCCCCCCCCCCCCCCC. The smallest absolute Gasteiger partial charge is 0.305 e. The molecule has 0 saturated heterocycles. The van der Waals surface area contributed by atoms with Crippen LogP contribution in [0.3, 0.4) is 0 Å². The van der Waals surface area contributed by atoms with Gasteiger partial charge in [-0.2, -0.15) is 0 Å². The first-order valence-electron chi connectivity index (χ1n) is 38.6. The number of nitrogens with one attached hydrogen (secondary N) is 1. The summed E-state index contributed by atoms with van der Waals surface area (Å²) in [5.41, 5.74) is 0. The summed E-state index contributed by atoms with van der Waals surface area (Å²) in [6.45, 7) is 4.91. The molecule has 0 fully saturated rings. The Morgan fingerprint density at radius 1 is 0.326 bits per heavy atom. The van der Waals surface area contributed by atoms with Crippen molar-refractivity contribution in [2.24, 2.45) is 0 Å². The van der Waals surface area contributed by atoms with Crippen molar-refractivity contribution in [2.75, 3.05) is 13.2 Å². The minimum atomic E-state index is -0.850. The lowest BCUT2D eigenvalue weighted by Gasteiger charge is -2.20. The zero-order chi connectivity index (χ0) is 62.0. The highest BCUT2D eigenvalue weighted by atomic mass is 16.5. The van der Waals surface area contributed by atoms with E-state index in [9.17, 15) is 19.8 Å². The maximum Gasteiger partial charge on any atom is 0.305 e. The van der Waals surface area contributed by atoms with Crippen LogP contribution in [0.5, 0.6) is 0 Å². The fraction of sp³-hybridized carbons (Fsp3) is 0.850. The van der Waals surface area contributed by atoms with Gasteiger partial charge in [-0.15, -0.1) is 0 Å². The summed E-state index contributed by atoms with van der Waals surface area (Å²) in [6, 6.07) is -0.633. The van der Waals surface area contributed by atoms with Gasteiger partial charge < -0.3 is 20.3 Å². The highest BCUT2D eigenvalue weighted by Gasteiger charge is 2.18.